The van der Waals surface area contributed by atoms with Crippen LogP contribution in [0.5, 0.6) is 0 Å². The fraction of sp³-hybridized carbons (Fsp3) is 0. The highest BCUT2D eigenvalue weighted by Crippen LogP contribution is 2.23. The minimum Gasteiger partial charge on any atom is -0.478 e. The van der Waals surface area contributed by atoms with Crippen molar-refractivity contribution in [2.24, 2.45) is 0 Å². The van der Waals surface area contributed by atoms with E-state index in [9.17, 15) is 9.18 Å². The first-order valence-electron chi connectivity index (χ1n) is 5.60. The van der Waals surface area contributed by atoms with E-state index in [1.807, 2.05) is 0 Å². The summed E-state index contributed by atoms with van der Waals surface area (Å²) in [6, 6.07) is 7.29. The lowest BCUT2D eigenvalue weighted by Gasteiger charge is -1.96. The van der Waals surface area contributed by atoms with Gasteiger partial charge in [-0.3, -0.25) is 0 Å². The van der Waals surface area contributed by atoms with Crippen molar-refractivity contribution in [1.82, 2.24) is 14.6 Å². The third-order valence-corrected chi connectivity index (χ3v) is 3.17. The molecule has 5 nitrogen and oxygen atoms in total. The number of halogens is 2. The molecule has 0 aliphatic carbocycles. The second kappa shape index (κ2) is 4.68. The molecule has 3 rings (SSSR count). The van der Waals surface area contributed by atoms with Crippen LogP contribution in [0.4, 0.5) is 4.39 Å². The Bertz CT molecular complexity index is 811. The summed E-state index contributed by atoms with van der Waals surface area (Å²) in [5.74, 6) is -1.25. The normalized spacial score (nSPS) is 10.9. The molecule has 0 bridgehead atoms. The van der Waals surface area contributed by atoms with E-state index in [1.54, 1.807) is 18.3 Å². The number of nitrogens with zero attached hydrogens (tertiary/aromatic N) is 3. The first-order valence-corrected chi connectivity index (χ1v) is 6.39. The van der Waals surface area contributed by atoms with E-state index in [1.165, 1.54) is 22.7 Å². The SMILES string of the molecule is O=C(O)c1cccn2nc(-c3cc(F)cc(Br)c3)nc12. The second-order valence-electron chi connectivity index (χ2n) is 4.09. The van der Waals surface area contributed by atoms with Crippen LogP contribution in [-0.4, -0.2) is 25.7 Å². The largest absolute Gasteiger partial charge is 0.478 e. The van der Waals surface area contributed by atoms with Crippen LogP contribution in [0.25, 0.3) is 17.0 Å². The molecule has 2 aromatic heterocycles. The van der Waals surface area contributed by atoms with Gasteiger partial charge < -0.3 is 5.11 Å². The third kappa shape index (κ3) is 2.16. The van der Waals surface area contributed by atoms with Gasteiger partial charge >= 0.3 is 5.97 Å². The van der Waals surface area contributed by atoms with Crippen LogP contribution in [0.1, 0.15) is 10.4 Å². The fourth-order valence-electron chi connectivity index (χ4n) is 1.88. The van der Waals surface area contributed by atoms with Crippen molar-refractivity contribution in [1.29, 1.82) is 0 Å². The number of aromatic carboxylic acids is 1. The number of rotatable bonds is 2. The van der Waals surface area contributed by atoms with Gasteiger partial charge in [-0.15, -0.1) is 5.10 Å². The minimum atomic E-state index is -1.09. The number of carboxylic acid groups (broad SMARTS) is 1. The van der Waals surface area contributed by atoms with E-state index in [-0.39, 0.29) is 17.0 Å². The fourth-order valence-corrected chi connectivity index (χ4v) is 2.34. The van der Waals surface area contributed by atoms with Crippen molar-refractivity contribution in [2.45, 2.75) is 0 Å². The Morgan fingerprint density at radius 1 is 1.35 bits per heavy atom. The molecule has 7 heteroatoms. The highest BCUT2D eigenvalue weighted by molar-refractivity contribution is 9.10. The van der Waals surface area contributed by atoms with Crippen LogP contribution in [0, 0.1) is 5.82 Å². The Morgan fingerprint density at radius 2 is 2.15 bits per heavy atom. The Hall–Kier alpha value is -2.28. The number of carbonyl (C=O) groups is 1. The Labute approximate surface area is 120 Å². The van der Waals surface area contributed by atoms with Gasteiger partial charge in [0.15, 0.2) is 11.5 Å². The lowest BCUT2D eigenvalue weighted by atomic mass is 10.2. The summed E-state index contributed by atoms with van der Waals surface area (Å²) in [4.78, 5) is 15.3. The first kappa shape index (κ1) is 12.7. The molecular formula is C13H7BrFN3O2. The monoisotopic (exact) mass is 335 g/mol. The summed E-state index contributed by atoms with van der Waals surface area (Å²) in [5.41, 5.74) is 0.731. The molecule has 0 saturated heterocycles. The number of benzene rings is 1. The standard InChI is InChI=1S/C13H7BrFN3O2/c14-8-4-7(5-9(15)6-8)11-16-12-10(13(19)20)2-1-3-18(12)17-11/h1-6H,(H,19,20). The average molecular weight is 336 g/mol. The molecule has 100 valence electrons. The maximum Gasteiger partial charge on any atom is 0.339 e. The van der Waals surface area contributed by atoms with Crippen LogP contribution >= 0.6 is 15.9 Å². The molecule has 0 fully saturated rings. The van der Waals surface area contributed by atoms with E-state index in [0.717, 1.165) is 0 Å². The molecule has 0 amide bonds. The molecule has 0 saturated carbocycles. The van der Waals surface area contributed by atoms with Gasteiger partial charge in [0.1, 0.15) is 11.4 Å². The Balaban J connectivity index is 2.23. The topological polar surface area (TPSA) is 67.5 Å². The number of aromatic nitrogens is 3. The van der Waals surface area contributed by atoms with Gasteiger partial charge in [-0.25, -0.2) is 18.7 Å². The first-order chi connectivity index (χ1) is 9.54. The third-order valence-electron chi connectivity index (χ3n) is 2.71. The van der Waals surface area contributed by atoms with Gasteiger partial charge in [0.05, 0.1) is 0 Å². The molecule has 0 atom stereocenters. The highest BCUT2D eigenvalue weighted by Gasteiger charge is 2.14. The van der Waals surface area contributed by atoms with Gasteiger partial charge in [-0.2, -0.15) is 0 Å². The van der Waals surface area contributed by atoms with E-state index in [4.69, 9.17) is 5.11 Å². The average Bonchev–Trinajstić information content (AvgIpc) is 2.80. The maximum absolute atomic E-state index is 13.4. The summed E-state index contributed by atoms with van der Waals surface area (Å²) >= 11 is 3.20. The maximum atomic E-state index is 13.4. The van der Waals surface area contributed by atoms with Gasteiger partial charge in [0.2, 0.25) is 0 Å². The van der Waals surface area contributed by atoms with Gasteiger partial charge in [0, 0.05) is 16.2 Å². The van der Waals surface area contributed by atoms with E-state index >= 15 is 0 Å². The van der Waals surface area contributed by atoms with E-state index in [0.29, 0.717) is 10.0 Å². The molecule has 3 aromatic rings. The van der Waals surface area contributed by atoms with Gasteiger partial charge in [-0.1, -0.05) is 15.9 Å². The predicted octanol–water partition coefficient (Wildman–Crippen LogP) is 3.00. The zero-order chi connectivity index (χ0) is 14.3. The van der Waals surface area contributed by atoms with Crippen LogP contribution in [0.3, 0.4) is 0 Å². The number of carboxylic acids is 1. The van der Waals surface area contributed by atoms with Crippen LogP contribution < -0.4 is 0 Å². The highest BCUT2D eigenvalue weighted by atomic mass is 79.9. The number of hydrogen-bond donors (Lipinski definition) is 1. The van der Waals surface area contributed by atoms with Crippen LogP contribution in [0.2, 0.25) is 0 Å². The van der Waals surface area contributed by atoms with Crippen molar-refractivity contribution in [3.05, 3.63) is 52.4 Å². The van der Waals surface area contributed by atoms with Crippen molar-refractivity contribution in [3.63, 3.8) is 0 Å². The quantitative estimate of drug-likeness (QED) is 0.781. The molecule has 2 heterocycles. The van der Waals surface area contributed by atoms with Gasteiger partial charge in [0.25, 0.3) is 0 Å². The van der Waals surface area contributed by atoms with Crippen LogP contribution in [-0.2, 0) is 0 Å². The van der Waals surface area contributed by atoms with E-state index < -0.39 is 11.8 Å². The lowest BCUT2D eigenvalue weighted by Crippen LogP contribution is -2.00. The summed E-state index contributed by atoms with van der Waals surface area (Å²) < 4.78 is 15.3. The molecule has 20 heavy (non-hydrogen) atoms. The zero-order valence-corrected chi connectivity index (χ0v) is 11.5. The number of fused-ring (bicyclic) bond motifs is 1. The predicted molar refractivity (Wildman–Crippen MR) is 73.0 cm³/mol. The summed E-state index contributed by atoms with van der Waals surface area (Å²) in [5, 5.41) is 13.3. The minimum absolute atomic E-state index is 0.0433. The van der Waals surface area contributed by atoms with E-state index in [2.05, 4.69) is 26.0 Å². The molecular weight excluding hydrogens is 329 g/mol. The number of pyridine rings is 1. The molecule has 0 radical (unpaired) electrons. The summed E-state index contributed by atoms with van der Waals surface area (Å²) in [6.07, 6.45) is 1.59. The Kier molecular flexibility index (Phi) is 2.98. The molecule has 0 spiro atoms. The van der Waals surface area contributed by atoms with Crippen molar-refractivity contribution in [3.8, 4) is 11.4 Å². The smallest absolute Gasteiger partial charge is 0.339 e. The Morgan fingerprint density at radius 3 is 2.85 bits per heavy atom. The molecule has 0 aliphatic heterocycles. The second-order valence-corrected chi connectivity index (χ2v) is 5.00. The zero-order valence-electron chi connectivity index (χ0n) is 9.92. The molecule has 0 unspecified atom stereocenters. The molecule has 1 aromatic carbocycles. The van der Waals surface area contributed by atoms with Crippen molar-refractivity contribution in [2.75, 3.05) is 0 Å². The van der Waals surface area contributed by atoms with Crippen molar-refractivity contribution >= 4 is 27.5 Å². The summed E-state index contributed by atoms with van der Waals surface area (Å²) in [7, 11) is 0. The molecule has 1 N–H and O–H groups in total. The molecule has 0 aliphatic rings. The number of hydrogen-bond acceptors (Lipinski definition) is 3. The van der Waals surface area contributed by atoms with Gasteiger partial charge in [-0.05, 0) is 30.3 Å². The lowest BCUT2D eigenvalue weighted by molar-refractivity contribution is 0.0698. The summed E-state index contributed by atoms with van der Waals surface area (Å²) in [6.45, 7) is 0. The van der Waals surface area contributed by atoms with Crippen molar-refractivity contribution < 1.29 is 14.3 Å². The van der Waals surface area contributed by atoms with Crippen LogP contribution in [0.15, 0.2) is 41.0 Å².